The number of esters is 1. The second kappa shape index (κ2) is 10.8. The van der Waals surface area contributed by atoms with E-state index < -0.39 is 23.7 Å². The average Bonchev–Trinajstić information content (AvgIpc) is 3.15. The van der Waals surface area contributed by atoms with Crippen LogP contribution in [0.25, 0.3) is 17.2 Å². The summed E-state index contributed by atoms with van der Waals surface area (Å²) in [6.45, 7) is -0.537. The zero-order chi connectivity index (χ0) is 24.8. The lowest BCUT2D eigenvalue weighted by Crippen LogP contribution is -2.34. The first-order valence-electron chi connectivity index (χ1n) is 10.7. The fourth-order valence-electron chi connectivity index (χ4n) is 3.35. The topological polar surface area (TPSA) is 90.0 Å². The van der Waals surface area contributed by atoms with Crippen molar-refractivity contribution in [1.82, 2.24) is 4.90 Å². The molecule has 1 aliphatic rings. The number of amides is 2. The van der Waals surface area contributed by atoms with Gasteiger partial charge in [-0.25, -0.2) is 0 Å². The van der Waals surface area contributed by atoms with Crippen LogP contribution in [0.15, 0.2) is 83.8 Å². The van der Waals surface area contributed by atoms with Crippen LogP contribution in [0.3, 0.4) is 0 Å². The number of Topliss-reactive ketones (excluding diaryl/α,β-unsaturated/α-hetero) is 1. The minimum Gasteiger partial charge on any atom is -0.485 e. The van der Waals surface area contributed by atoms with E-state index in [4.69, 9.17) is 4.74 Å². The highest BCUT2D eigenvalue weighted by atomic mass is 32.2. The minimum atomic E-state index is -0.670. The van der Waals surface area contributed by atoms with Gasteiger partial charge >= 0.3 is 5.97 Å². The van der Waals surface area contributed by atoms with Crippen LogP contribution in [0.1, 0.15) is 15.9 Å². The average molecular weight is 488 g/mol. The molecule has 0 aromatic heterocycles. The first-order chi connectivity index (χ1) is 16.9. The van der Waals surface area contributed by atoms with E-state index in [0.717, 1.165) is 27.8 Å². The molecule has 1 saturated heterocycles. The Hall–Kier alpha value is -4.17. The fraction of sp³-hybridized carbons (Fsp3) is 0.111. The molecule has 1 fully saturated rings. The Morgan fingerprint density at radius 3 is 2.20 bits per heavy atom. The number of ketones is 1. The molecule has 4 rings (SSSR count). The third kappa shape index (κ3) is 5.85. The Labute approximate surface area is 206 Å². The van der Waals surface area contributed by atoms with Crippen LogP contribution >= 0.6 is 11.8 Å². The van der Waals surface area contributed by atoms with Crippen molar-refractivity contribution in [2.24, 2.45) is 0 Å². The molecule has 1 heterocycles. The Balaban J connectivity index is 1.34. The largest absolute Gasteiger partial charge is 0.485 e. The lowest BCUT2D eigenvalue weighted by atomic mass is 10.0. The Kier molecular flexibility index (Phi) is 7.42. The van der Waals surface area contributed by atoms with Gasteiger partial charge in [-0.1, -0.05) is 66.7 Å². The number of hydrogen-bond acceptors (Lipinski definition) is 7. The lowest BCUT2D eigenvalue weighted by Gasteiger charge is -2.09. The number of hydrogen-bond donors (Lipinski definition) is 0. The highest BCUT2D eigenvalue weighted by Crippen LogP contribution is 2.32. The second-order valence-corrected chi connectivity index (χ2v) is 8.56. The van der Waals surface area contributed by atoms with Crippen molar-refractivity contribution >= 4 is 40.7 Å². The molecule has 0 N–H and O–H groups in total. The van der Waals surface area contributed by atoms with Crippen LogP contribution in [0.4, 0.5) is 4.79 Å². The van der Waals surface area contributed by atoms with Gasteiger partial charge in [0, 0.05) is 5.56 Å². The summed E-state index contributed by atoms with van der Waals surface area (Å²) in [6, 6.07) is 24.1. The first-order valence-corrected chi connectivity index (χ1v) is 11.5. The van der Waals surface area contributed by atoms with Crippen molar-refractivity contribution in [3.05, 3.63) is 94.9 Å². The van der Waals surface area contributed by atoms with E-state index in [0.29, 0.717) is 16.9 Å². The molecule has 0 spiro atoms. The lowest BCUT2D eigenvalue weighted by molar-refractivity contribution is -0.143. The maximum atomic E-state index is 12.5. The molecule has 8 heteroatoms. The summed E-state index contributed by atoms with van der Waals surface area (Å²) < 4.78 is 10.1. The Morgan fingerprint density at radius 2 is 1.54 bits per heavy atom. The first kappa shape index (κ1) is 24.0. The van der Waals surface area contributed by atoms with Crippen LogP contribution < -0.4 is 4.74 Å². The van der Waals surface area contributed by atoms with Crippen LogP contribution in [-0.4, -0.2) is 48.1 Å². The van der Waals surface area contributed by atoms with Gasteiger partial charge in [-0.2, -0.15) is 0 Å². The summed E-state index contributed by atoms with van der Waals surface area (Å²) in [7, 11) is 1.19. The van der Waals surface area contributed by atoms with Crippen LogP contribution in [0.2, 0.25) is 0 Å². The molecule has 0 aliphatic carbocycles. The summed E-state index contributed by atoms with van der Waals surface area (Å²) in [4.78, 5) is 49.4. The highest BCUT2D eigenvalue weighted by molar-refractivity contribution is 8.18. The van der Waals surface area contributed by atoms with Crippen molar-refractivity contribution in [2.45, 2.75) is 0 Å². The normalized spacial score (nSPS) is 14.3. The van der Waals surface area contributed by atoms with Crippen molar-refractivity contribution in [1.29, 1.82) is 0 Å². The maximum Gasteiger partial charge on any atom is 0.325 e. The van der Waals surface area contributed by atoms with E-state index in [-0.39, 0.29) is 17.3 Å². The van der Waals surface area contributed by atoms with Gasteiger partial charge in [0.25, 0.3) is 11.1 Å². The van der Waals surface area contributed by atoms with E-state index in [2.05, 4.69) is 4.74 Å². The molecule has 3 aromatic rings. The molecule has 35 heavy (non-hydrogen) atoms. The van der Waals surface area contributed by atoms with Crippen LogP contribution in [-0.2, 0) is 14.3 Å². The van der Waals surface area contributed by atoms with Gasteiger partial charge in [0.1, 0.15) is 12.3 Å². The van der Waals surface area contributed by atoms with Gasteiger partial charge in [0.15, 0.2) is 12.4 Å². The molecule has 7 nitrogen and oxygen atoms in total. The third-order valence-electron chi connectivity index (χ3n) is 5.25. The summed E-state index contributed by atoms with van der Waals surface area (Å²) in [5, 5.41) is -0.526. The molecule has 0 unspecified atom stereocenters. The minimum absolute atomic E-state index is 0.115. The van der Waals surface area contributed by atoms with Gasteiger partial charge in [0.2, 0.25) is 0 Å². The van der Waals surface area contributed by atoms with Gasteiger partial charge in [0.05, 0.1) is 12.0 Å². The fourth-order valence-corrected chi connectivity index (χ4v) is 4.19. The van der Waals surface area contributed by atoms with E-state index in [1.54, 1.807) is 42.5 Å². The smallest absolute Gasteiger partial charge is 0.325 e. The zero-order valence-electron chi connectivity index (χ0n) is 18.8. The molecule has 0 atom stereocenters. The number of carbonyl (C=O) groups excluding carboxylic acids is 4. The number of carbonyl (C=O) groups is 4. The molecule has 0 radical (unpaired) electrons. The number of imide groups is 1. The predicted octanol–water partition coefficient (Wildman–Crippen LogP) is 4.82. The van der Waals surface area contributed by atoms with Gasteiger partial charge in [-0.05, 0) is 46.7 Å². The van der Waals surface area contributed by atoms with Crippen molar-refractivity contribution < 1.29 is 28.7 Å². The molecule has 176 valence electrons. The number of nitrogens with zero attached hydrogens (tertiary/aromatic N) is 1. The number of rotatable bonds is 8. The van der Waals surface area contributed by atoms with Gasteiger partial charge in [-0.3, -0.25) is 24.1 Å². The van der Waals surface area contributed by atoms with E-state index in [1.165, 1.54) is 7.11 Å². The molecule has 0 bridgehead atoms. The van der Waals surface area contributed by atoms with Crippen LogP contribution in [0.5, 0.6) is 5.75 Å². The van der Waals surface area contributed by atoms with Crippen LogP contribution in [0, 0.1) is 0 Å². The monoisotopic (exact) mass is 487 g/mol. The predicted molar refractivity (Wildman–Crippen MR) is 133 cm³/mol. The van der Waals surface area contributed by atoms with E-state index in [9.17, 15) is 19.2 Å². The molecule has 3 aromatic carbocycles. The highest BCUT2D eigenvalue weighted by Gasteiger charge is 2.36. The summed E-state index contributed by atoms with van der Waals surface area (Å²) in [5.41, 5.74) is 3.34. The van der Waals surface area contributed by atoms with Gasteiger partial charge in [-0.15, -0.1) is 0 Å². The molecular formula is C27H21NO6S. The van der Waals surface area contributed by atoms with E-state index >= 15 is 0 Å². The van der Waals surface area contributed by atoms with Crippen molar-refractivity contribution in [3.63, 3.8) is 0 Å². The molecule has 2 amide bonds. The van der Waals surface area contributed by atoms with Crippen molar-refractivity contribution in [3.8, 4) is 16.9 Å². The van der Waals surface area contributed by atoms with E-state index in [1.807, 2.05) is 42.5 Å². The summed E-state index contributed by atoms with van der Waals surface area (Å²) in [5.74, 6) is -0.866. The second-order valence-electron chi connectivity index (χ2n) is 7.57. The van der Waals surface area contributed by atoms with Gasteiger partial charge < -0.3 is 9.47 Å². The zero-order valence-corrected chi connectivity index (χ0v) is 19.6. The summed E-state index contributed by atoms with van der Waals surface area (Å²) >= 11 is 0.759. The maximum absolute atomic E-state index is 12.5. The molecule has 0 saturated carbocycles. The number of methoxy groups -OCH3 is 1. The quantitative estimate of drug-likeness (QED) is 0.256. The number of thioether (sulfide) groups is 1. The van der Waals surface area contributed by atoms with Crippen molar-refractivity contribution in [2.75, 3.05) is 20.3 Å². The number of ether oxygens (including phenoxy) is 2. The summed E-state index contributed by atoms with van der Waals surface area (Å²) in [6.07, 6.45) is 1.56. The standard InChI is InChI=1S/C27H21NO6S/c1-33-25(30)16-28-26(31)24(35-27(28)32)15-18-7-13-22(14-8-18)34-17-23(29)21-11-9-20(10-12-21)19-5-3-2-4-6-19/h2-15H,16-17H2,1H3/b24-15-. The Bertz CT molecular complexity index is 1280. The Morgan fingerprint density at radius 1 is 0.886 bits per heavy atom. The molecule has 1 aliphatic heterocycles. The third-order valence-corrected chi connectivity index (χ3v) is 6.16. The molecular weight excluding hydrogens is 466 g/mol. The SMILES string of the molecule is COC(=O)CN1C(=O)S/C(=C\c2ccc(OCC(=O)c3ccc(-c4ccccc4)cc3)cc2)C1=O. The number of benzene rings is 3.